The fourth-order valence-electron chi connectivity index (χ4n) is 3.43. The van der Waals surface area contributed by atoms with E-state index in [2.05, 4.69) is 40.1 Å². The van der Waals surface area contributed by atoms with E-state index in [4.69, 9.17) is 4.74 Å². The molecule has 0 heterocycles. The molecule has 6 nitrogen and oxygen atoms in total. The van der Waals surface area contributed by atoms with Gasteiger partial charge in [-0.3, -0.25) is 9.59 Å². The minimum atomic E-state index is -0.352. The van der Waals surface area contributed by atoms with Crippen molar-refractivity contribution in [3.05, 3.63) is 108 Å². The Bertz CT molecular complexity index is 1310. The first-order chi connectivity index (χ1) is 16.1. The van der Waals surface area contributed by atoms with Crippen molar-refractivity contribution in [1.29, 1.82) is 0 Å². The van der Waals surface area contributed by atoms with Crippen molar-refractivity contribution in [2.24, 2.45) is 5.10 Å². The van der Waals surface area contributed by atoms with Gasteiger partial charge >= 0.3 is 0 Å². The van der Waals surface area contributed by atoms with Crippen LogP contribution >= 0.6 is 0 Å². The van der Waals surface area contributed by atoms with Gasteiger partial charge in [0.25, 0.3) is 5.91 Å². The van der Waals surface area contributed by atoms with Crippen molar-refractivity contribution in [1.82, 2.24) is 5.43 Å². The molecule has 2 amide bonds. The number of hydrogen-bond acceptors (Lipinski definition) is 4. The van der Waals surface area contributed by atoms with Crippen molar-refractivity contribution >= 4 is 34.5 Å². The first kappa shape index (κ1) is 21.8. The van der Waals surface area contributed by atoms with E-state index in [0.717, 1.165) is 16.5 Å². The summed E-state index contributed by atoms with van der Waals surface area (Å²) >= 11 is 0. The second-order valence-electron chi connectivity index (χ2n) is 7.42. The lowest BCUT2D eigenvalue weighted by Gasteiger charge is -2.11. The molecule has 0 saturated carbocycles. The van der Waals surface area contributed by atoms with E-state index < -0.39 is 0 Å². The van der Waals surface area contributed by atoms with Gasteiger partial charge in [0.2, 0.25) is 5.91 Å². The lowest BCUT2D eigenvalue weighted by atomic mass is 10.1. The number of nitrogens with one attached hydrogen (secondary N) is 2. The Morgan fingerprint density at radius 3 is 2.42 bits per heavy atom. The molecule has 33 heavy (non-hydrogen) atoms. The van der Waals surface area contributed by atoms with Crippen LogP contribution in [0, 0.1) is 0 Å². The number of fused-ring (bicyclic) bond motifs is 1. The highest BCUT2D eigenvalue weighted by Crippen LogP contribution is 2.22. The van der Waals surface area contributed by atoms with Crippen molar-refractivity contribution in [3.8, 4) is 5.75 Å². The van der Waals surface area contributed by atoms with Gasteiger partial charge in [-0.1, -0.05) is 54.6 Å². The molecule has 4 rings (SSSR count). The highest BCUT2D eigenvalue weighted by Gasteiger charge is 2.06. The maximum atomic E-state index is 12.3. The van der Waals surface area contributed by atoms with E-state index in [1.807, 2.05) is 42.5 Å². The predicted octanol–water partition coefficient (Wildman–Crippen LogP) is 5.14. The zero-order valence-corrected chi connectivity index (χ0v) is 18.1. The van der Waals surface area contributed by atoms with Gasteiger partial charge in [-0.25, -0.2) is 5.43 Å². The fourth-order valence-corrected chi connectivity index (χ4v) is 3.43. The molecule has 0 saturated heterocycles. The summed E-state index contributed by atoms with van der Waals surface area (Å²) in [6.45, 7) is 1.85. The van der Waals surface area contributed by atoms with Crippen molar-refractivity contribution in [2.75, 3.05) is 5.32 Å². The Kier molecular flexibility index (Phi) is 6.75. The summed E-state index contributed by atoms with van der Waals surface area (Å²) in [5.74, 6) is 0.149. The molecule has 0 aliphatic heterocycles. The molecule has 0 unspecified atom stereocenters. The molecule has 0 spiro atoms. The summed E-state index contributed by atoms with van der Waals surface area (Å²) < 4.78 is 6.08. The Labute approximate surface area is 191 Å². The average molecular weight is 437 g/mol. The largest absolute Gasteiger partial charge is 0.488 e. The van der Waals surface area contributed by atoms with Gasteiger partial charge in [-0.15, -0.1) is 0 Å². The summed E-state index contributed by atoms with van der Waals surface area (Å²) in [6.07, 6.45) is 1.56. The van der Waals surface area contributed by atoms with Crippen LogP contribution in [0.2, 0.25) is 0 Å². The van der Waals surface area contributed by atoms with Crippen LogP contribution in [-0.4, -0.2) is 18.0 Å². The number of para-hydroxylation sites is 1. The number of ether oxygens (including phenoxy) is 1. The van der Waals surface area contributed by atoms with E-state index in [-0.39, 0.29) is 11.8 Å². The Morgan fingerprint density at radius 1 is 0.879 bits per heavy atom. The van der Waals surface area contributed by atoms with Crippen LogP contribution in [0.25, 0.3) is 10.8 Å². The van der Waals surface area contributed by atoms with Crippen LogP contribution in [-0.2, 0) is 11.4 Å². The van der Waals surface area contributed by atoms with E-state index in [1.54, 1.807) is 30.5 Å². The lowest BCUT2D eigenvalue weighted by Crippen LogP contribution is -2.17. The van der Waals surface area contributed by atoms with Gasteiger partial charge in [-0.2, -0.15) is 5.10 Å². The second kappa shape index (κ2) is 10.2. The summed E-state index contributed by atoms with van der Waals surface area (Å²) in [5.41, 5.74) is 5.42. The van der Waals surface area contributed by atoms with Gasteiger partial charge < -0.3 is 10.1 Å². The van der Waals surface area contributed by atoms with Crippen LogP contribution in [0.1, 0.15) is 28.4 Å². The minimum absolute atomic E-state index is 0.168. The van der Waals surface area contributed by atoms with Crippen LogP contribution in [0.5, 0.6) is 5.75 Å². The summed E-state index contributed by atoms with van der Waals surface area (Å²) in [7, 11) is 0. The minimum Gasteiger partial charge on any atom is -0.488 e. The molecule has 4 aromatic carbocycles. The molecule has 0 bridgehead atoms. The van der Waals surface area contributed by atoms with Gasteiger partial charge in [0.1, 0.15) is 12.4 Å². The Hall–Kier alpha value is -4.45. The Morgan fingerprint density at radius 2 is 1.61 bits per heavy atom. The third-order valence-corrected chi connectivity index (χ3v) is 5.02. The number of carbonyl (C=O) groups excluding carboxylic acids is 2. The molecule has 4 aromatic rings. The molecule has 0 aliphatic rings. The van der Waals surface area contributed by atoms with E-state index in [1.165, 1.54) is 12.3 Å². The zero-order valence-electron chi connectivity index (χ0n) is 18.1. The van der Waals surface area contributed by atoms with Gasteiger partial charge in [-0.05, 0) is 52.7 Å². The highest BCUT2D eigenvalue weighted by atomic mass is 16.5. The molecular weight excluding hydrogens is 414 g/mol. The normalized spacial score (nSPS) is 10.8. The molecule has 0 atom stereocenters. The number of anilines is 1. The molecule has 164 valence electrons. The number of rotatable bonds is 7. The smallest absolute Gasteiger partial charge is 0.271 e. The third-order valence-electron chi connectivity index (χ3n) is 5.02. The van der Waals surface area contributed by atoms with Crippen LogP contribution in [0.15, 0.2) is 96.1 Å². The van der Waals surface area contributed by atoms with Crippen molar-refractivity contribution in [2.45, 2.75) is 13.5 Å². The standard InChI is InChI=1S/C27H23N3O3/c1-19(31)29-24-15-13-21(14-16-24)27(32)30-28-17-22-8-3-5-12-26(22)33-18-23-10-6-9-20-7-2-4-11-25(20)23/h2-17H,18H2,1H3,(H,29,31)(H,30,32)/b28-17-. The maximum absolute atomic E-state index is 12.3. The van der Waals surface area contributed by atoms with E-state index in [0.29, 0.717) is 23.6 Å². The number of hydrogen-bond donors (Lipinski definition) is 2. The molecule has 2 N–H and O–H groups in total. The van der Waals surface area contributed by atoms with Gasteiger partial charge in [0.15, 0.2) is 0 Å². The lowest BCUT2D eigenvalue weighted by molar-refractivity contribution is -0.114. The van der Waals surface area contributed by atoms with Crippen molar-refractivity contribution in [3.63, 3.8) is 0 Å². The molecular formula is C27H23N3O3. The maximum Gasteiger partial charge on any atom is 0.271 e. The zero-order chi connectivity index (χ0) is 23.0. The van der Waals surface area contributed by atoms with E-state index >= 15 is 0 Å². The number of hydrazone groups is 1. The van der Waals surface area contributed by atoms with E-state index in [9.17, 15) is 9.59 Å². The predicted molar refractivity (Wildman–Crippen MR) is 131 cm³/mol. The molecule has 0 aromatic heterocycles. The Balaban J connectivity index is 1.41. The molecule has 0 radical (unpaired) electrons. The number of amides is 2. The van der Waals surface area contributed by atoms with Crippen LogP contribution < -0.4 is 15.5 Å². The quantitative estimate of drug-likeness (QED) is 0.310. The van der Waals surface area contributed by atoms with Gasteiger partial charge in [0.05, 0.1) is 6.21 Å². The number of nitrogens with zero attached hydrogens (tertiary/aromatic N) is 1. The molecule has 0 aliphatic carbocycles. The van der Waals surface area contributed by atoms with Crippen LogP contribution in [0.3, 0.4) is 0 Å². The summed E-state index contributed by atoms with van der Waals surface area (Å²) in [4.78, 5) is 23.4. The third kappa shape index (κ3) is 5.62. The number of benzene rings is 4. The first-order valence-electron chi connectivity index (χ1n) is 10.5. The topological polar surface area (TPSA) is 79.8 Å². The SMILES string of the molecule is CC(=O)Nc1ccc(C(=O)N/N=C\c2ccccc2OCc2cccc3ccccc23)cc1. The van der Waals surface area contributed by atoms with Gasteiger partial charge in [0, 0.05) is 23.7 Å². The monoisotopic (exact) mass is 437 g/mol. The number of carbonyl (C=O) groups is 2. The molecule has 6 heteroatoms. The fraction of sp³-hybridized carbons (Fsp3) is 0.0741. The molecule has 0 fully saturated rings. The highest BCUT2D eigenvalue weighted by molar-refractivity contribution is 5.96. The summed E-state index contributed by atoms with van der Waals surface area (Å²) in [6, 6.07) is 28.4. The first-order valence-corrected chi connectivity index (χ1v) is 10.5. The average Bonchev–Trinajstić information content (AvgIpc) is 2.83. The van der Waals surface area contributed by atoms with Crippen LogP contribution in [0.4, 0.5) is 5.69 Å². The second-order valence-corrected chi connectivity index (χ2v) is 7.42. The van der Waals surface area contributed by atoms with Crippen molar-refractivity contribution < 1.29 is 14.3 Å². The summed E-state index contributed by atoms with van der Waals surface area (Å²) in [5, 5.41) is 9.06.